The van der Waals surface area contributed by atoms with Crippen molar-refractivity contribution in [1.29, 1.82) is 0 Å². The van der Waals surface area contributed by atoms with Gasteiger partial charge in [0.1, 0.15) is 5.75 Å². The van der Waals surface area contributed by atoms with E-state index in [1.54, 1.807) is 0 Å². The van der Waals surface area contributed by atoms with Crippen LogP contribution in [0.15, 0.2) is 24.3 Å². The van der Waals surface area contributed by atoms with Crippen LogP contribution < -0.4 is 4.74 Å². The van der Waals surface area contributed by atoms with Gasteiger partial charge in [0, 0.05) is 0 Å². The normalized spacial score (nSPS) is 17.9. The molecule has 1 aromatic carbocycles. The first kappa shape index (κ1) is 14.1. The van der Waals surface area contributed by atoms with E-state index in [-0.39, 0.29) is 11.9 Å². The zero-order valence-corrected chi connectivity index (χ0v) is 11.9. The summed E-state index contributed by atoms with van der Waals surface area (Å²) >= 11 is 0. The fraction of sp³-hybridized carbons (Fsp3) is 0.588. The molecule has 0 aromatic heterocycles. The highest BCUT2D eigenvalue weighted by Gasteiger charge is 2.27. The molecule has 0 spiro atoms. The summed E-state index contributed by atoms with van der Waals surface area (Å²) in [6.07, 6.45) is 9.45. The van der Waals surface area contributed by atoms with Gasteiger partial charge in [-0.15, -0.1) is 0 Å². The molecule has 0 radical (unpaired) electrons. The second-order valence-electron chi connectivity index (χ2n) is 5.49. The minimum atomic E-state index is -0.0349. The molecule has 0 N–H and O–H groups in total. The number of esters is 1. The summed E-state index contributed by atoms with van der Waals surface area (Å²) in [6.45, 7) is 2.23. The zero-order valence-electron chi connectivity index (χ0n) is 11.9. The van der Waals surface area contributed by atoms with Crippen LogP contribution in [-0.4, -0.2) is 5.97 Å². The Morgan fingerprint density at radius 3 is 2.68 bits per heavy atom. The number of carbonyl (C=O) groups is 1. The molecule has 1 aliphatic rings. The first-order chi connectivity index (χ1) is 9.31. The smallest absolute Gasteiger partial charge is 0.314 e. The van der Waals surface area contributed by atoms with Crippen molar-refractivity contribution in [3.63, 3.8) is 0 Å². The van der Waals surface area contributed by atoms with Crippen molar-refractivity contribution in [1.82, 2.24) is 0 Å². The number of para-hydroxylation sites is 1. The lowest BCUT2D eigenvalue weighted by molar-refractivity contribution is -0.140. The van der Waals surface area contributed by atoms with Gasteiger partial charge in [0.25, 0.3) is 0 Å². The number of fused-ring (bicyclic) bond motifs is 1. The van der Waals surface area contributed by atoms with Gasteiger partial charge < -0.3 is 4.74 Å². The molecule has 1 heterocycles. The van der Waals surface area contributed by atoms with Crippen LogP contribution >= 0.6 is 0 Å². The Hall–Kier alpha value is -1.31. The third-order valence-corrected chi connectivity index (χ3v) is 3.89. The van der Waals surface area contributed by atoms with Crippen molar-refractivity contribution in [2.45, 2.75) is 58.3 Å². The molecule has 1 aromatic rings. The highest BCUT2D eigenvalue weighted by Crippen LogP contribution is 2.30. The molecule has 1 unspecified atom stereocenters. The van der Waals surface area contributed by atoms with Gasteiger partial charge in [-0.3, -0.25) is 4.79 Å². The average Bonchev–Trinajstić information content (AvgIpc) is 2.43. The minimum Gasteiger partial charge on any atom is -0.426 e. The lowest BCUT2D eigenvalue weighted by Gasteiger charge is -2.23. The van der Waals surface area contributed by atoms with E-state index in [1.807, 2.05) is 18.2 Å². The fourth-order valence-electron chi connectivity index (χ4n) is 2.70. The quantitative estimate of drug-likeness (QED) is 0.409. The SMILES string of the molecule is CCCCCCCCC1Cc2ccccc2OC1=O. The molecule has 1 atom stereocenters. The predicted molar refractivity (Wildman–Crippen MR) is 77.3 cm³/mol. The summed E-state index contributed by atoms with van der Waals surface area (Å²) in [6, 6.07) is 7.88. The van der Waals surface area contributed by atoms with Gasteiger partial charge in [-0.1, -0.05) is 63.6 Å². The van der Waals surface area contributed by atoms with E-state index in [4.69, 9.17) is 4.74 Å². The Kier molecular flexibility index (Phi) is 5.44. The molecule has 19 heavy (non-hydrogen) atoms. The maximum Gasteiger partial charge on any atom is 0.314 e. The number of hydrogen-bond acceptors (Lipinski definition) is 2. The Bertz CT molecular complexity index is 411. The Morgan fingerprint density at radius 1 is 1.11 bits per heavy atom. The summed E-state index contributed by atoms with van der Waals surface area (Å²) in [5.74, 6) is 0.792. The topological polar surface area (TPSA) is 26.3 Å². The Balaban J connectivity index is 1.75. The van der Waals surface area contributed by atoms with Gasteiger partial charge in [0.05, 0.1) is 5.92 Å². The number of benzene rings is 1. The van der Waals surface area contributed by atoms with E-state index < -0.39 is 0 Å². The molecule has 0 fully saturated rings. The third kappa shape index (κ3) is 4.09. The van der Waals surface area contributed by atoms with Gasteiger partial charge in [-0.2, -0.15) is 0 Å². The predicted octanol–water partition coefficient (Wildman–Crippen LogP) is 4.51. The summed E-state index contributed by atoms with van der Waals surface area (Å²) in [4.78, 5) is 11.9. The van der Waals surface area contributed by atoms with Gasteiger partial charge in [-0.25, -0.2) is 0 Å². The monoisotopic (exact) mass is 260 g/mol. The molecule has 2 rings (SSSR count). The lowest BCUT2D eigenvalue weighted by Crippen LogP contribution is -2.27. The van der Waals surface area contributed by atoms with Crippen molar-refractivity contribution in [2.24, 2.45) is 5.92 Å². The summed E-state index contributed by atoms with van der Waals surface area (Å²) < 4.78 is 5.40. The largest absolute Gasteiger partial charge is 0.426 e. The van der Waals surface area contributed by atoms with Crippen LogP contribution in [-0.2, 0) is 11.2 Å². The maximum absolute atomic E-state index is 11.9. The van der Waals surface area contributed by atoms with Crippen LogP contribution in [0, 0.1) is 5.92 Å². The molecule has 0 saturated carbocycles. The van der Waals surface area contributed by atoms with Crippen LogP contribution in [0.2, 0.25) is 0 Å². The fourth-order valence-corrected chi connectivity index (χ4v) is 2.70. The highest BCUT2D eigenvalue weighted by atomic mass is 16.5. The first-order valence-corrected chi connectivity index (χ1v) is 7.61. The second kappa shape index (κ2) is 7.32. The molecule has 0 saturated heterocycles. The Morgan fingerprint density at radius 2 is 1.84 bits per heavy atom. The highest BCUT2D eigenvalue weighted by molar-refractivity contribution is 5.77. The molecule has 2 heteroatoms. The molecule has 1 aliphatic heterocycles. The van der Waals surface area contributed by atoms with Gasteiger partial charge in [-0.05, 0) is 24.5 Å². The van der Waals surface area contributed by atoms with Crippen LogP contribution in [0.4, 0.5) is 0 Å². The van der Waals surface area contributed by atoms with E-state index in [9.17, 15) is 4.79 Å². The Labute approximate surface area is 116 Å². The van der Waals surface area contributed by atoms with Crippen molar-refractivity contribution in [2.75, 3.05) is 0 Å². The summed E-state index contributed by atoms with van der Waals surface area (Å²) in [7, 11) is 0. The average molecular weight is 260 g/mol. The molecule has 0 amide bonds. The van der Waals surface area contributed by atoms with Crippen molar-refractivity contribution in [3.8, 4) is 5.75 Å². The van der Waals surface area contributed by atoms with E-state index in [1.165, 1.54) is 37.7 Å². The maximum atomic E-state index is 11.9. The second-order valence-corrected chi connectivity index (χ2v) is 5.49. The third-order valence-electron chi connectivity index (χ3n) is 3.89. The van der Waals surface area contributed by atoms with E-state index in [0.29, 0.717) is 0 Å². The minimum absolute atomic E-state index is 0.0349. The molecule has 104 valence electrons. The van der Waals surface area contributed by atoms with Crippen molar-refractivity contribution in [3.05, 3.63) is 29.8 Å². The van der Waals surface area contributed by atoms with Crippen LogP contribution in [0.25, 0.3) is 0 Å². The molecular weight excluding hydrogens is 236 g/mol. The van der Waals surface area contributed by atoms with E-state index >= 15 is 0 Å². The number of hydrogen-bond donors (Lipinski definition) is 0. The number of ether oxygens (including phenoxy) is 1. The van der Waals surface area contributed by atoms with Crippen LogP contribution in [0.1, 0.15) is 57.4 Å². The molecule has 2 nitrogen and oxygen atoms in total. The van der Waals surface area contributed by atoms with Crippen LogP contribution in [0.5, 0.6) is 5.75 Å². The summed E-state index contributed by atoms with van der Waals surface area (Å²) in [5.41, 5.74) is 1.18. The number of carbonyl (C=O) groups excluding carboxylic acids is 1. The molecule has 0 bridgehead atoms. The van der Waals surface area contributed by atoms with E-state index in [0.717, 1.165) is 25.0 Å². The lowest BCUT2D eigenvalue weighted by atomic mass is 9.91. The van der Waals surface area contributed by atoms with Crippen molar-refractivity contribution >= 4 is 5.97 Å². The van der Waals surface area contributed by atoms with E-state index in [2.05, 4.69) is 13.0 Å². The number of unbranched alkanes of at least 4 members (excludes halogenated alkanes) is 5. The van der Waals surface area contributed by atoms with Gasteiger partial charge >= 0.3 is 5.97 Å². The van der Waals surface area contributed by atoms with Gasteiger partial charge in [0.2, 0.25) is 0 Å². The summed E-state index contributed by atoms with van der Waals surface area (Å²) in [5, 5.41) is 0. The molecule has 0 aliphatic carbocycles. The van der Waals surface area contributed by atoms with Crippen molar-refractivity contribution < 1.29 is 9.53 Å². The molecular formula is C17H24O2. The van der Waals surface area contributed by atoms with Gasteiger partial charge in [0.15, 0.2) is 0 Å². The first-order valence-electron chi connectivity index (χ1n) is 7.61. The standard InChI is InChI=1S/C17H24O2/c1-2-3-4-5-6-7-11-15-13-14-10-8-9-12-16(14)19-17(15)18/h8-10,12,15H,2-7,11,13H2,1H3. The zero-order chi connectivity index (χ0) is 13.5. The van der Waals surface area contributed by atoms with Crippen LogP contribution in [0.3, 0.4) is 0 Å². The number of rotatable bonds is 7.